The van der Waals surface area contributed by atoms with Gasteiger partial charge in [0.2, 0.25) is 0 Å². The lowest BCUT2D eigenvalue weighted by Crippen LogP contribution is -2.06. The fraction of sp³-hybridized carbons (Fsp3) is 0.583. The second kappa shape index (κ2) is 3.68. The highest BCUT2D eigenvalue weighted by Crippen LogP contribution is 2.38. The van der Waals surface area contributed by atoms with Gasteiger partial charge in [-0.05, 0) is 18.8 Å². The number of aromatic nitrogens is 4. The highest BCUT2D eigenvalue weighted by Gasteiger charge is 2.28. The number of imidazole rings is 1. The van der Waals surface area contributed by atoms with Crippen molar-refractivity contribution >= 4 is 17.0 Å². The van der Waals surface area contributed by atoms with Crippen molar-refractivity contribution in [2.75, 3.05) is 5.73 Å². The Labute approximate surface area is 100 Å². The first-order valence-corrected chi connectivity index (χ1v) is 6.13. The molecule has 1 fully saturated rings. The van der Waals surface area contributed by atoms with Gasteiger partial charge in [0.15, 0.2) is 11.5 Å². The standard InChI is InChI=1S/C12H17N5/c1-7(2)5-17-6-14-9-10(13)15-11(8-3-4-8)16-12(9)17/h6-8H,3-5H2,1-2H3,(H2,13,15,16). The van der Waals surface area contributed by atoms with Gasteiger partial charge in [-0.3, -0.25) is 0 Å². The predicted molar refractivity (Wildman–Crippen MR) is 66.5 cm³/mol. The van der Waals surface area contributed by atoms with Crippen molar-refractivity contribution in [2.45, 2.75) is 39.2 Å². The summed E-state index contributed by atoms with van der Waals surface area (Å²) in [5.41, 5.74) is 7.55. The van der Waals surface area contributed by atoms with Crippen LogP contribution in [-0.2, 0) is 6.54 Å². The third-order valence-corrected chi connectivity index (χ3v) is 3.01. The molecule has 17 heavy (non-hydrogen) atoms. The second-order valence-corrected chi connectivity index (χ2v) is 5.20. The van der Waals surface area contributed by atoms with Crippen LogP contribution in [0.15, 0.2) is 6.33 Å². The monoisotopic (exact) mass is 231 g/mol. The molecule has 0 unspecified atom stereocenters. The molecule has 0 saturated heterocycles. The molecule has 5 nitrogen and oxygen atoms in total. The number of rotatable bonds is 3. The van der Waals surface area contributed by atoms with Crippen molar-refractivity contribution in [3.63, 3.8) is 0 Å². The Morgan fingerprint density at radius 3 is 2.82 bits per heavy atom. The van der Waals surface area contributed by atoms with E-state index in [2.05, 4.69) is 33.4 Å². The Bertz CT molecular complexity index is 553. The zero-order chi connectivity index (χ0) is 12.0. The van der Waals surface area contributed by atoms with Crippen LogP contribution < -0.4 is 5.73 Å². The summed E-state index contributed by atoms with van der Waals surface area (Å²) in [6.45, 7) is 5.27. The van der Waals surface area contributed by atoms with Gasteiger partial charge in [-0.1, -0.05) is 13.8 Å². The molecule has 0 amide bonds. The van der Waals surface area contributed by atoms with Crippen LogP contribution in [0.3, 0.4) is 0 Å². The molecule has 0 spiro atoms. The first-order valence-electron chi connectivity index (χ1n) is 6.13. The molecule has 1 aliphatic carbocycles. The average molecular weight is 231 g/mol. The van der Waals surface area contributed by atoms with Crippen molar-refractivity contribution < 1.29 is 0 Å². The smallest absolute Gasteiger partial charge is 0.165 e. The molecule has 90 valence electrons. The SMILES string of the molecule is CC(C)Cn1cnc2c(N)nc(C3CC3)nc21. The highest BCUT2D eigenvalue weighted by atomic mass is 15.1. The van der Waals surface area contributed by atoms with Crippen molar-refractivity contribution in [1.29, 1.82) is 0 Å². The minimum Gasteiger partial charge on any atom is -0.382 e. The van der Waals surface area contributed by atoms with Crippen molar-refractivity contribution in [3.05, 3.63) is 12.2 Å². The Hall–Kier alpha value is -1.65. The quantitative estimate of drug-likeness (QED) is 0.876. The van der Waals surface area contributed by atoms with Gasteiger partial charge in [-0.2, -0.15) is 0 Å². The summed E-state index contributed by atoms with van der Waals surface area (Å²) in [6.07, 6.45) is 4.18. The highest BCUT2D eigenvalue weighted by molar-refractivity contribution is 5.81. The van der Waals surface area contributed by atoms with E-state index in [4.69, 9.17) is 5.73 Å². The van der Waals surface area contributed by atoms with Crippen LogP contribution in [0.25, 0.3) is 11.2 Å². The predicted octanol–water partition coefficient (Wildman–Crippen LogP) is 1.94. The largest absolute Gasteiger partial charge is 0.382 e. The van der Waals surface area contributed by atoms with E-state index in [0.29, 0.717) is 17.7 Å². The average Bonchev–Trinajstić information content (AvgIpc) is 3.03. The van der Waals surface area contributed by atoms with E-state index in [1.807, 2.05) is 6.33 Å². The summed E-state index contributed by atoms with van der Waals surface area (Å²) in [5, 5.41) is 0. The molecule has 0 atom stereocenters. The normalized spacial score (nSPS) is 15.9. The second-order valence-electron chi connectivity index (χ2n) is 5.20. The third kappa shape index (κ3) is 1.85. The molecule has 5 heteroatoms. The molecule has 1 aliphatic rings. The van der Waals surface area contributed by atoms with Gasteiger partial charge in [0, 0.05) is 12.5 Å². The van der Waals surface area contributed by atoms with Gasteiger partial charge in [0.25, 0.3) is 0 Å². The number of hydrogen-bond acceptors (Lipinski definition) is 4. The first-order chi connectivity index (χ1) is 8.15. The summed E-state index contributed by atoms with van der Waals surface area (Å²) >= 11 is 0. The molecule has 2 aromatic heterocycles. The Morgan fingerprint density at radius 2 is 2.18 bits per heavy atom. The van der Waals surface area contributed by atoms with Crippen LogP contribution in [0.2, 0.25) is 0 Å². The molecule has 2 aromatic rings. The summed E-state index contributed by atoms with van der Waals surface area (Å²) in [4.78, 5) is 13.3. The lowest BCUT2D eigenvalue weighted by atomic mass is 10.2. The minimum atomic E-state index is 0.513. The molecule has 0 aromatic carbocycles. The van der Waals surface area contributed by atoms with E-state index in [1.165, 1.54) is 12.8 Å². The van der Waals surface area contributed by atoms with Crippen LogP contribution >= 0.6 is 0 Å². The van der Waals surface area contributed by atoms with E-state index in [1.54, 1.807) is 0 Å². The fourth-order valence-corrected chi connectivity index (χ4v) is 2.03. The zero-order valence-electron chi connectivity index (χ0n) is 10.2. The number of hydrogen-bond donors (Lipinski definition) is 1. The van der Waals surface area contributed by atoms with E-state index in [0.717, 1.165) is 23.5 Å². The van der Waals surface area contributed by atoms with Gasteiger partial charge in [0.1, 0.15) is 11.3 Å². The number of anilines is 1. The lowest BCUT2D eigenvalue weighted by Gasteiger charge is -2.07. The zero-order valence-corrected chi connectivity index (χ0v) is 10.2. The molecule has 2 N–H and O–H groups in total. The van der Waals surface area contributed by atoms with E-state index in [-0.39, 0.29) is 0 Å². The maximum absolute atomic E-state index is 5.94. The van der Waals surface area contributed by atoms with Gasteiger partial charge in [-0.15, -0.1) is 0 Å². The topological polar surface area (TPSA) is 69.6 Å². The van der Waals surface area contributed by atoms with Gasteiger partial charge >= 0.3 is 0 Å². The van der Waals surface area contributed by atoms with Gasteiger partial charge in [0.05, 0.1) is 6.33 Å². The Morgan fingerprint density at radius 1 is 1.41 bits per heavy atom. The first kappa shape index (κ1) is 10.5. The number of fused-ring (bicyclic) bond motifs is 1. The van der Waals surface area contributed by atoms with Crippen LogP contribution in [0, 0.1) is 5.92 Å². The number of nitrogens with zero attached hydrogens (tertiary/aromatic N) is 4. The van der Waals surface area contributed by atoms with E-state index >= 15 is 0 Å². The van der Waals surface area contributed by atoms with E-state index in [9.17, 15) is 0 Å². The molecule has 2 heterocycles. The molecule has 0 radical (unpaired) electrons. The maximum atomic E-state index is 5.94. The van der Waals surface area contributed by atoms with E-state index < -0.39 is 0 Å². The Balaban J connectivity index is 2.11. The molecule has 1 saturated carbocycles. The van der Waals surface area contributed by atoms with Crippen LogP contribution in [0.1, 0.15) is 38.4 Å². The molecule has 0 aliphatic heterocycles. The summed E-state index contributed by atoms with van der Waals surface area (Å²) in [5.74, 6) is 2.48. The van der Waals surface area contributed by atoms with Crippen LogP contribution in [0.5, 0.6) is 0 Å². The van der Waals surface area contributed by atoms with Crippen LogP contribution in [0.4, 0.5) is 5.82 Å². The Kier molecular flexibility index (Phi) is 2.28. The fourth-order valence-electron chi connectivity index (χ4n) is 2.03. The lowest BCUT2D eigenvalue weighted by molar-refractivity contribution is 0.530. The summed E-state index contributed by atoms with van der Waals surface area (Å²) in [6, 6.07) is 0. The van der Waals surface area contributed by atoms with Crippen LogP contribution in [-0.4, -0.2) is 19.5 Å². The number of nitrogen functional groups attached to an aromatic ring is 1. The third-order valence-electron chi connectivity index (χ3n) is 3.01. The molecular weight excluding hydrogens is 214 g/mol. The molecular formula is C12H17N5. The van der Waals surface area contributed by atoms with Crippen molar-refractivity contribution in [2.24, 2.45) is 5.92 Å². The summed E-state index contributed by atoms with van der Waals surface area (Å²) in [7, 11) is 0. The summed E-state index contributed by atoms with van der Waals surface area (Å²) < 4.78 is 2.07. The number of nitrogens with two attached hydrogens (primary N) is 1. The van der Waals surface area contributed by atoms with Crippen molar-refractivity contribution in [3.8, 4) is 0 Å². The van der Waals surface area contributed by atoms with Crippen molar-refractivity contribution in [1.82, 2.24) is 19.5 Å². The molecule has 3 rings (SSSR count). The van der Waals surface area contributed by atoms with Gasteiger partial charge < -0.3 is 10.3 Å². The molecule has 0 bridgehead atoms. The van der Waals surface area contributed by atoms with Gasteiger partial charge in [-0.25, -0.2) is 15.0 Å². The maximum Gasteiger partial charge on any atom is 0.165 e. The minimum absolute atomic E-state index is 0.513.